The maximum absolute atomic E-state index is 13.4. The summed E-state index contributed by atoms with van der Waals surface area (Å²) in [5.74, 6) is 0.149. The topological polar surface area (TPSA) is 65.2 Å². The Labute approximate surface area is 166 Å². The summed E-state index contributed by atoms with van der Waals surface area (Å²) in [6.45, 7) is 7.31. The molecule has 1 unspecified atom stereocenters. The number of carbonyl (C=O) groups excluding carboxylic acids is 2. The number of hydrogen-bond donors (Lipinski definition) is 2. The molecule has 2 amide bonds. The molecule has 2 aliphatic rings. The van der Waals surface area contributed by atoms with Gasteiger partial charge in [0, 0.05) is 41.3 Å². The third-order valence-corrected chi connectivity index (χ3v) is 6.78. The van der Waals surface area contributed by atoms with Crippen LogP contribution < -0.4 is 5.32 Å². The number of nitrogens with one attached hydrogen (secondary N) is 2. The number of nitrogens with zero attached hydrogens (tertiary/aromatic N) is 1. The fraction of sp³-hybridized carbons (Fsp3) is 0.565. The van der Waals surface area contributed by atoms with E-state index in [1.807, 2.05) is 36.9 Å². The van der Waals surface area contributed by atoms with Gasteiger partial charge in [0.25, 0.3) is 5.91 Å². The monoisotopic (exact) mass is 381 g/mol. The number of hydrogen-bond acceptors (Lipinski definition) is 2. The molecular weight excluding hydrogens is 350 g/mol. The Hall–Kier alpha value is -2.30. The number of piperidine rings is 1. The van der Waals surface area contributed by atoms with Gasteiger partial charge in [0.15, 0.2) is 0 Å². The second-order valence-electron chi connectivity index (χ2n) is 8.95. The van der Waals surface area contributed by atoms with E-state index < -0.39 is 5.41 Å². The van der Waals surface area contributed by atoms with Crippen molar-refractivity contribution < 1.29 is 9.59 Å². The SMILES string of the molecule is Cc1[nH]c2cccc(C(=O)N3CCCC(C)(C(=O)NC4CCCC4)C3)c2c1C. The van der Waals surface area contributed by atoms with Crippen molar-refractivity contribution in [3.05, 3.63) is 35.0 Å². The van der Waals surface area contributed by atoms with Crippen molar-refractivity contribution in [2.24, 2.45) is 5.41 Å². The highest BCUT2D eigenvalue weighted by molar-refractivity contribution is 6.08. The molecule has 1 saturated heterocycles. The van der Waals surface area contributed by atoms with Gasteiger partial charge in [-0.1, -0.05) is 18.9 Å². The van der Waals surface area contributed by atoms with E-state index in [2.05, 4.69) is 17.2 Å². The van der Waals surface area contributed by atoms with E-state index in [-0.39, 0.29) is 11.8 Å². The van der Waals surface area contributed by atoms with Crippen LogP contribution in [0.15, 0.2) is 18.2 Å². The first-order valence-electron chi connectivity index (χ1n) is 10.6. The number of amides is 2. The molecule has 1 atom stereocenters. The van der Waals surface area contributed by atoms with E-state index in [9.17, 15) is 9.59 Å². The lowest BCUT2D eigenvalue weighted by Crippen LogP contribution is -2.53. The second kappa shape index (κ2) is 7.26. The lowest BCUT2D eigenvalue weighted by Gasteiger charge is -2.40. The molecule has 0 bridgehead atoms. The van der Waals surface area contributed by atoms with Crippen molar-refractivity contribution in [2.45, 2.75) is 65.3 Å². The molecule has 4 rings (SSSR count). The van der Waals surface area contributed by atoms with Gasteiger partial charge in [-0.15, -0.1) is 0 Å². The Morgan fingerprint density at radius 2 is 1.93 bits per heavy atom. The predicted octanol–water partition coefficient (Wildman–Crippen LogP) is 4.09. The van der Waals surface area contributed by atoms with Crippen LogP contribution in [0.1, 0.15) is 67.1 Å². The molecule has 2 fully saturated rings. The molecule has 1 aliphatic heterocycles. The molecular formula is C23H31N3O2. The highest BCUT2D eigenvalue weighted by atomic mass is 16.2. The predicted molar refractivity (Wildman–Crippen MR) is 111 cm³/mol. The molecule has 2 N–H and O–H groups in total. The van der Waals surface area contributed by atoms with E-state index in [0.29, 0.717) is 19.1 Å². The van der Waals surface area contributed by atoms with Gasteiger partial charge in [-0.3, -0.25) is 9.59 Å². The number of likely N-dealkylation sites (tertiary alicyclic amines) is 1. The van der Waals surface area contributed by atoms with Crippen molar-refractivity contribution in [3.63, 3.8) is 0 Å². The molecule has 2 heterocycles. The lowest BCUT2D eigenvalue weighted by atomic mass is 9.80. The van der Waals surface area contributed by atoms with Gasteiger partial charge in [-0.25, -0.2) is 0 Å². The smallest absolute Gasteiger partial charge is 0.254 e. The maximum atomic E-state index is 13.4. The summed E-state index contributed by atoms with van der Waals surface area (Å²) in [7, 11) is 0. The third kappa shape index (κ3) is 3.31. The minimum atomic E-state index is -0.506. The van der Waals surface area contributed by atoms with Gasteiger partial charge in [0.05, 0.1) is 5.41 Å². The number of aryl methyl sites for hydroxylation is 2. The molecule has 0 spiro atoms. The lowest BCUT2D eigenvalue weighted by molar-refractivity contribution is -0.133. The molecule has 28 heavy (non-hydrogen) atoms. The fourth-order valence-corrected chi connectivity index (χ4v) is 4.92. The molecule has 150 valence electrons. The molecule has 2 aromatic rings. The third-order valence-electron chi connectivity index (χ3n) is 6.78. The van der Waals surface area contributed by atoms with Gasteiger partial charge < -0.3 is 15.2 Å². The number of rotatable bonds is 3. The van der Waals surface area contributed by atoms with Gasteiger partial charge in [-0.05, 0) is 64.2 Å². The van der Waals surface area contributed by atoms with E-state index >= 15 is 0 Å². The average Bonchev–Trinajstić information content (AvgIpc) is 3.29. The zero-order valence-corrected chi connectivity index (χ0v) is 17.2. The van der Waals surface area contributed by atoms with Crippen LogP contribution in [0.3, 0.4) is 0 Å². The molecule has 1 aromatic carbocycles. The average molecular weight is 382 g/mol. The summed E-state index contributed by atoms with van der Waals surface area (Å²) in [5, 5.41) is 4.26. The van der Waals surface area contributed by atoms with Crippen LogP contribution in [0.4, 0.5) is 0 Å². The van der Waals surface area contributed by atoms with Crippen LogP contribution in [0.2, 0.25) is 0 Å². The van der Waals surface area contributed by atoms with Crippen molar-refractivity contribution in [1.82, 2.24) is 15.2 Å². The minimum absolute atomic E-state index is 0.0345. The summed E-state index contributed by atoms with van der Waals surface area (Å²) >= 11 is 0. The van der Waals surface area contributed by atoms with E-state index in [1.165, 1.54) is 12.8 Å². The van der Waals surface area contributed by atoms with E-state index in [4.69, 9.17) is 0 Å². The number of H-pyrrole nitrogens is 1. The fourth-order valence-electron chi connectivity index (χ4n) is 4.92. The quantitative estimate of drug-likeness (QED) is 0.841. The van der Waals surface area contributed by atoms with Gasteiger partial charge in [0.1, 0.15) is 0 Å². The van der Waals surface area contributed by atoms with E-state index in [0.717, 1.165) is 53.4 Å². The Kier molecular flexibility index (Phi) is 4.94. The summed E-state index contributed by atoms with van der Waals surface area (Å²) in [6, 6.07) is 6.17. The zero-order chi connectivity index (χ0) is 19.9. The highest BCUT2D eigenvalue weighted by Crippen LogP contribution is 2.33. The Bertz CT molecular complexity index is 910. The largest absolute Gasteiger partial charge is 0.358 e. The van der Waals surface area contributed by atoms with Gasteiger partial charge in [0.2, 0.25) is 5.91 Å². The maximum Gasteiger partial charge on any atom is 0.254 e. The zero-order valence-electron chi connectivity index (χ0n) is 17.2. The number of carbonyl (C=O) groups is 2. The number of aromatic amines is 1. The summed E-state index contributed by atoms with van der Waals surface area (Å²) in [5.41, 5.74) is 3.44. The molecule has 1 saturated carbocycles. The first-order valence-corrected chi connectivity index (χ1v) is 10.6. The number of aromatic nitrogens is 1. The van der Waals surface area contributed by atoms with E-state index in [1.54, 1.807) is 0 Å². The first kappa shape index (κ1) is 19.0. The van der Waals surface area contributed by atoms with Gasteiger partial charge >= 0.3 is 0 Å². The Morgan fingerprint density at radius 1 is 1.18 bits per heavy atom. The molecule has 0 radical (unpaired) electrons. The van der Waals surface area contributed by atoms with Gasteiger partial charge in [-0.2, -0.15) is 0 Å². The summed E-state index contributed by atoms with van der Waals surface area (Å²) < 4.78 is 0. The van der Waals surface area contributed by atoms with Crippen molar-refractivity contribution in [2.75, 3.05) is 13.1 Å². The number of fused-ring (bicyclic) bond motifs is 1. The van der Waals surface area contributed by atoms with Crippen molar-refractivity contribution >= 4 is 22.7 Å². The first-order chi connectivity index (χ1) is 13.4. The highest BCUT2D eigenvalue weighted by Gasteiger charge is 2.40. The van der Waals surface area contributed by atoms with Crippen LogP contribution in [0.25, 0.3) is 10.9 Å². The van der Waals surface area contributed by atoms with Crippen molar-refractivity contribution in [3.8, 4) is 0 Å². The molecule has 1 aromatic heterocycles. The van der Waals surface area contributed by atoms with Crippen LogP contribution in [0.5, 0.6) is 0 Å². The summed E-state index contributed by atoms with van der Waals surface area (Å²) in [4.78, 5) is 31.7. The molecule has 5 nitrogen and oxygen atoms in total. The van der Waals surface area contributed by atoms with Crippen LogP contribution in [-0.4, -0.2) is 40.8 Å². The Balaban J connectivity index is 1.56. The second-order valence-corrected chi connectivity index (χ2v) is 8.95. The van der Waals surface area contributed by atoms with Crippen LogP contribution in [-0.2, 0) is 4.79 Å². The van der Waals surface area contributed by atoms with Crippen LogP contribution >= 0.6 is 0 Å². The standard InChI is InChI=1S/C23H31N3O2/c1-15-16(2)24-19-11-6-10-18(20(15)19)21(27)26-13-7-12-23(3,14-26)22(28)25-17-8-4-5-9-17/h6,10-11,17,24H,4-5,7-9,12-14H2,1-3H3,(H,25,28). The molecule has 5 heteroatoms. The van der Waals surface area contributed by atoms with Crippen LogP contribution in [0, 0.1) is 19.3 Å². The Morgan fingerprint density at radius 3 is 2.68 bits per heavy atom. The normalized spacial score (nSPS) is 23.3. The van der Waals surface area contributed by atoms with Crippen molar-refractivity contribution in [1.29, 1.82) is 0 Å². The summed E-state index contributed by atoms with van der Waals surface area (Å²) in [6.07, 6.45) is 6.26. The number of benzene rings is 1. The molecule has 1 aliphatic carbocycles. The minimum Gasteiger partial charge on any atom is -0.358 e.